The predicted molar refractivity (Wildman–Crippen MR) is 84.6 cm³/mol. The molecule has 2 N–H and O–H groups in total. The summed E-state index contributed by atoms with van der Waals surface area (Å²) in [5, 5.41) is 6.03. The molecular weight excluding hydrogens is 264 g/mol. The third-order valence-corrected chi connectivity index (χ3v) is 4.09. The zero-order valence-corrected chi connectivity index (χ0v) is 13.2. The van der Waals surface area contributed by atoms with Crippen molar-refractivity contribution in [3.8, 4) is 5.75 Å². The number of urea groups is 1. The highest BCUT2D eigenvalue weighted by atomic mass is 16.5. The molecular formula is C17H26N2O2. The Hall–Kier alpha value is -1.71. The highest BCUT2D eigenvalue weighted by Crippen LogP contribution is 2.32. The second-order valence-corrected chi connectivity index (χ2v) is 6.03. The first-order chi connectivity index (χ1) is 10.1. The van der Waals surface area contributed by atoms with E-state index in [1.54, 1.807) is 7.11 Å². The van der Waals surface area contributed by atoms with Gasteiger partial charge in [-0.1, -0.05) is 12.1 Å². The van der Waals surface area contributed by atoms with Gasteiger partial charge in [-0.2, -0.15) is 0 Å². The van der Waals surface area contributed by atoms with E-state index in [4.69, 9.17) is 4.74 Å². The summed E-state index contributed by atoms with van der Waals surface area (Å²) < 4.78 is 5.14. The highest BCUT2D eigenvalue weighted by Gasteiger charge is 2.28. The lowest BCUT2D eigenvalue weighted by Gasteiger charge is -2.18. The number of ether oxygens (including phenoxy) is 1. The van der Waals surface area contributed by atoms with Crippen LogP contribution in [0.2, 0.25) is 0 Å². The Balaban J connectivity index is 1.68. The summed E-state index contributed by atoms with van der Waals surface area (Å²) >= 11 is 0. The van der Waals surface area contributed by atoms with Crippen LogP contribution in [-0.2, 0) is 6.42 Å². The molecule has 1 saturated carbocycles. The summed E-state index contributed by atoms with van der Waals surface area (Å²) in [5.41, 5.74) is 1.26. The topological polar surface area (TPSA) is 50.4 Å². The zero-order chi connectivity index (χ0) is 15.2. The lowest BCUT2D eigenvalue weighted by atomic mass is 10.1. The normalized spacial score (nSPS) is 16.9. The number of nitrogens with one attached hydrogen (secondary N) is 2. The molecule has 0 bridgehead atoms. The average molecular weight is 290 g/mol. The summed E-state index contributed by atoms with van der Waals surface area (Å²) in [6.45, 7) is 4.13. The molecule has 1 aliphatic rings. The molecule has 0 aliphatic heterocycles. The van der Waals surface area contributed by atoms with Crippen molar-refractivity contribution in [2.75, 3.05) is 7.11 Å². The molecule has 116 valence electrons. The fourth-order valence-corrected chi connectivity index (χ4v) is 2.43. The molecule has 0 spiro atoms. The van der Waals surface area contributed by atoms with E-state index in [0.717, 1.165) is 18.6 Å². The monoisotopic (exact) mass is 290 g/mol. The SMILES string of the molecule is COc1ccc(CCC(C)NC(=O)NC(C)C2CC2)cc1. The standard InChI is InChI=1S/C17H26N2O2/c1-12(18-17(20)19-13(2)15-8-9-15)4-5-14-6-10-16(21-3)11-7-14/h6-7,10-13,15H,4-5,8-9H2,1-3H3,(H2,18,19,20). The number of methoxy groups -OCH3 is 1. The average Bonchev–Trinajstić information content (AvgIpc) is 3.30. The Kier molecular flexibility index (Phi) is 5.48. The lowest BCUT2D eigenvalue weighted by Crippen LogP contribution is -2.45. The van der Waals surface area contributed by atoms with Crippen molar-refractivity contribution in [3.05, 3.63) is 29.8 Å². The van der Waals surface area contributed by atoms with Crippen LogP contribution in [0.4, 0.5) is 4.79 Å². The molecule has 0 radical (unpaired) electrons. The first-order valence-electron chi connectivity index (χ1n) is 7.78. The van der Waals surface area contributed by atoms with Crippen molar-refractivity contribution in [2.45, 2.75) is 51.6 Å². The highest BCUT2D eigenvalue weighted by molar-refractivity contribution is 5.74. The van der Waals surface area contributed by atoms with Gasteiger partial charge in [0.2, 0.25) is 0 Å². The van der Waals surface area contributed by atoms with Crippen molar-refractivity contribution in [3.63, 3.8) is 0 Å². The molecule has 21 heavy (non-hydrogen) atoms. The third kappa shape index (κ3) is 5.29. The molecule has 0 saturated heterocycles. The van der Waals surface area contributed by atoms with Gasteiger partial charge in [-0.15, -0.1) is 0 Å². The molecule has 2 rings (SSSR count). The van der Waals surface area contributed by atoms with E-state index in [1.165, 1.54) is 18.4 Å². The summed E-state index contributed by atoms with van der Waals surface area (Å²) in [6.07, 6.45) is 4.37. The van der Waals surface area contributed by atoms with Gasteiger partial charge in [0.15, 0.2) is 0 Å². The fraction of sp³-hybridized carbons (Fsp3) is 0.588. The molecule has 2 unspecified atom stereocenters. The molecule has 1 aromatic rings. The number of amides is 2. The molecule has 1 fully saturated rings. The minimum atomic E-state index is -0.0448. The number of carbonyl (C=O) groups is 1. The predicted octanol–water partition coefficient (Wildman–Crippen LogP) is 3.11. The van der Waals surface area contributed by atoms with E-state index in [2.05, 4.69) is 29.7 Å². The quantitative estimate of drug-likeness (QED) is 0.810. The summed E-state index contributed by atoms with van der Waals surface area (Å²) in [6, 6.07) is 8.49. The third-order valence-electron chi connectivity index (χ3n) is 4.09. The van der Waals surface area contributed by atoms with Crippen LogP contribution < -0.4 is 15.4 Å². The zero-order valence-electron chi connectivity index (χ0n) is 13.2. The van der Waals surface area contributed by atoms with Gasteiger partial charge in [0.05, 0.1) is 7.11 Å². The Morgan fingerprint density at radius 3 is 2.48 bits per heavy atom. The van der Waals surface area contributed by atoms with Crippen LogP contribution in [0, 0.1) is 5.92 Å². The maximum atomic E-state index is 11.9. The van der Waals surface area contributed by atoms with Crippen LogP contribution in [0.5, 0.6) is 5.75 Å². The van der Waals surface area contributed by atoms with Crippen LogP contribution in [0.15, 0.2) is 24.3 Å². The number of hydrogen-bond donors (Lipinski definition) is 2. The van der Waals surface area contributed by atoms with Crippen molar-refractivity contribution in [1.29, 1.82) is 0 Å². The minimum absolute atomic E-state index is 0.0448. The van der Waals surface area contributed by atoms with E-state index >= 15 is 0 Å². The largest absolute Gasteiger partial charge is 0.497 e. The van der Waals surface area contributed by atoms with Crippen LogP contribution in [0.1, 0.15) is 38.7 Å². The van der Waals surface area contributed by atoms with E-state index in [9.17, 15) is 4.79 Å². The van der Waals surface area contributed by atoms with Gasteiger partial charge in [-0.05, 0) is 63.1 Å². The van der Waals surface area contributed by atoms with Gasteiger partial charge >= 0.3 is 6.03 Å². The Labute approximate surface area is 127 Å². The molecule has 0 aromatic heterocycles. The van der Waals surface area contributed by atoms with E-state index in [1.807, 2.05) is 19.1 Å². The molecule has 2 atom stereocenters. The van der Waals surface area contributed by atoms with Crippen molar-refractivity contribution in [1.82, 2.24) is 10.6 Å². The lowest BCUT2D eigenvalue weighted by molar-refractivity contribution is 0.232. The van der Waals surface area contributed by atoms with Crippen molar-refractivity contribution >= 4 is 6.03 Å². The van der Waals surface area contributed by atoms with Gasteiger partial charge in [-0.3, -0.25) is 0 Å². The van der Waals surface area contributed by atoms with Crippen LogP contribution in [0.25, 0.3) is 0 Å². The van der Waals surface area contributed by atoms with Gasteiger partial charge in [-0.25, -0.2) is 4.79 Å². The van der Waals surface area contributed by atoms with Crippen LogP contribution in [-0.4, -0.2) is 25.2 Å². The van der Waals surface area contributed by atoms with Gasteiger partial charge in [0.25, 0.3) is 0 Å². The number of hydrogen-bond acceptors (Lipinski definition) is 2. The summed E-state index contributed by atoms with van der Waals surface area (Å²) in [5.74, 6) is 1.56. The molecule has 1 aliphatic carbocycles. The van der Waals surface area contributed by atoms with Gasteiger partial charge in [0, 0.05) is 12.1 Å². The summed E-state index contributed by atoms with van der Waals surface area (Å²) in [4.78, 5) is 11.9. The van der Waals surface area contributed by atoms with E-state index in [-0.39, 0.29) is 12.1 Å². The maximum absolute atomic E-state index is 11.9. The number of aryl methyl sites for hydroxylation is 1. The first kappa shape index (κ1) is 15.7. The molecule has 4 heteroatoms. The number of carbonyl (C=O) groups excluding carboxylic acids is 1. The summed E-state index contributed by atoms with van der Waals surface area (Å²) in [7, 11) is 1.67. The molecule has 2 amide bonds. The van der Waals surface area contributed by atoms with E-state index < -0.39 is 0 Å². The van der Waals surface area contributed by atoms with Crippen LogP contribution >= 0.6 is 0 Å². The minimum Gasteiger partial charge on any atom is -0.497 e. The Morgan fingerprint density at radius 1 is 1.24 bits per heavy atom. The first-order valence-corrected chi connectivity index (χ1v) is 7.78. The second-order valence-electron chi connectivity index (χ2n) is 6.03. The Bertz CT molecular complexity index is 454. The maximum Gasteiger partial charge on any atom is 0.315 e. The molecule has 4 nitrogen and oxygen atoms in total. The van der Waals surface area contributed by atoms with Crippen molar-refractivity contribution < 1.29 is 9.53 Å². The fourth-order valence-electron chi connectivity index (χ4n) is 2.43. The Morgan fingerprint density at radius 2 is 1.90 bits per heavy atom. The van der Waals surface area contributed by atoms with Gasteiger partial charge in [0.1, 0.15) is 5.75 Å². The van der Waals surface area contributed by atoms with Crippen LogP contribution in [0.3, 0.4) is 0 Å². The second kappa shape index (κ2) is 7.34. The van der Waals surface area contributed by atoms with E-state index in [0.29, 0.717) is 12.0 Å². The molecule has 0 heterocycles. The number of benzene rings is 1. The molecule has 1 aromatic carbocycles. The van der Waals surface area contributed by atoms with Gasteiger partial charge < -0.3 is 15.4 Å². The van der Waals surface area contributed by atoms with Crippen molar-refractivity contribution in [2.24, 2.45) is 5.92 Å². The number of rotatable bonds is 7. The smallest absolute Gasteiger partial charge is 0.315 e.